The van der Waals surface area contributed by atoms with E-state index in [1.54, 1.807) is 11.8 Å². The van der Waals surface area contributed by atoms with Crippen LogP contribution in [0.25, 0.3) is 11.3 Å². The lowest BCUT2D eigenvalue weighted by Gasteiger charge is -2.07. The van der Waals surface area contributed by atoms with Gasteiger partial charge in [-0.3, -0.25) is 4.98 Å². The standard InChI is InChI=1S/C13H12ClNS/c1-9-7-10(14)8-12(15-9)11-5-3-4-6-13(11)16-2/h3-8H,1-2H3. The van der Waals surface area contributed by atoms with Crippen molar-refractivity contribution in [1.29, 1.82) is 0 Å². The van der Waals surface area contributed by atoms with Crippen molar-refractivity contribution in [2.75, 3.05) is 6.26 Å². The van der Waals surface area contributed by atoms with Gasteiger partial charge in [-0.15, -0.1) is 11.8 Å². The maximum atomic E-state index is 6.05. The van der Waals surface area contributed by atoms with E-state index in [2.05, 4.69) is 23.4 Å². The number of thioether (sulfide) groups is 1. The second-order valence-electron chi connectivity index (χ2n) is 3.51. The smallest absolute Gasteiger partial charge is 0.0731 e. The monoisotopic (exact) mass is 249 g/mol. The highest BCUT2D eigenvalue weighted by molar-refractivity contribution is 7.98. The summed E-state index contributed by atoms with van der Waals surface area (Å²) < 4.78 is 0. The van der Waals surface area contributed by atoms with Crippen LogP contribution < -0.4 is 0 Å². The Morgan fingerprint density at radius 2 is 1.94 bits per heavy atom. The number of hydrogen-bond acceptors (Lipinski definition) is 2. The number of pyridine rings is 1. The van der Waals surface area contributed by atoms with Crippen LogP contribution in [0, 0.1) is 6.92 Å². The first-order chi connectivity index (χ1) is 7.70. The van der Waals surface area contributed by atoms with Crippen LogP contribution in [0.4, 0.5) is 0 Å². The second-order valence-corrected chi connectivity index (χ2v) is 4.80. The predicted octanol–water partition coefficient (Wildman–Crippen LogP) is 4.43. The van der Waals surface area contributed by atoms with Crippen molar-refractivity contribution in [2.45, 2.75) is 11.8 Å². The summed E-state index contributed by atoms with van der Waals surface area (Å²) in [6.45, 7) is 1.96. The Kier molecular flexibility index (Phi) is 3.52. The summed E-state index contributed by atoms with van der Waals surface area (Å²) in [5, 5.41) is 0.735. The van der Waals surface area contributed by atoms with Crippen molar-refractivity contribution in [3.05, 3.63) is 47.1 Å². The summed E-state index contributed by atoms with van der Waals surface area (Å²) in [5.41, 5.74) is 3.02. The highest BCUT2D eigenvalue weighted by atomic mass is 35.5. The Labute approximate surface area is 105 Å². The molecule has 0 amide bonds. The molecule has 0 N–H and O–H groups in total. The minimum Gasteiger partial charge on any atom is -0.253 e. The molecule has 0 unspecified atom stereocenters. The molecule has 3 heteroatoms. The molecule has 1 aromatic heterocycles. The van der Waals surface area contributed by atoms with Gasteiger partial charge in [-0.05, 0) is 31.4 Å². The fourth-order valence-electron chi connectivity index (χ4n) is 1.62. The van der Waals surface area contributed by atoms with Gasteiger partial charge >= 0.3 is 0 Å². The molecular weight excluding hydrogens is 238 g/mol. The molecule has 0 spiro atoms. The van der Waals surface area contributed by atoms with Gasteiger partial charge in [-0.1, -0.05) is 29.8 Å². The fourth-order valence-corrected chi connectivity index (χ4v) is 2.49. The molecule has 0 saturated carbocycles. The predicted molar refractivity (Wildman–Crippen MR) is 71.2 cm³/mol. The minimum absolute atomic E-state index is 0.735. The lowest BCUT2D eigenvalue weighted by atomic mass is 10.1. The average Bonchev–Trinajstić information content (AvgIpc) is 2.27. The van der Waals surface area contributed by atoms with Crippen LogP contribution in [0.2, 0.25) is 5.02 Å². The van der Waals surface area contributed by atoms with E-state index in [9.17, 15) is 0 Å². The van der Waals surface area contributed by atoms with E-state index in [1.165, 1.54) is 4.90 Å². The maximum Gasteiger partial charge on any atom is 0.0731 e. The number of hydrogen-bond donors (Lipinski definition) is 0. The number of aryl methyl sites for hydroxylation is 1. The molecule has 1 heterocycles. The Morgan fingerprint density at radius 1 is 1.19 bits per heavy atom. The highest BCUT2D eigenvalue weighted by Crippen LogP contribution is 2.30. The Balaban J connectivity index is 2.58. The highest BCUT2D eigenvalue weighted by Gasteiger charge is 2.06. The van der Waals surface area contributed by atoms with Gasteiger partial charge in [0.15, 0.2) is 0 Å². The van der Waals surface area contributed by atoms with Gasteiger partial charge in [-0.25, -0.2) is 0 Å². The van der Waals surface area contributed by atoms with Gasteiger partial charge in [0.25, 0.3) is 0 Å². The van der Waals surface area contributed by atoms with Crippen LogP contribution in [0.5, 0.6) is 0 Å². The van der Waals surface area contributed by atoms with E-state index in [4.69, 9.17) is 11.6 Å². The van der Waals surface area contributed by atoms with Gasteiger partial charge in [-0.2, -0.15) is 0 Å². The van der Waals surface area contributed by atoms with E-state index in [-0.39, 0.29) is 0 Å². The molecule has 0 aliphatic heterocycles. The molecule has 0 atom stereocenters. The number of halogens is 1. The Hall–Kier alpha value is -0.990. The number of rotatable bonds is 2. The van der Waals surface area contributed by atoms with Crippen LogP contribution in [0.3, 0.4) is 0 Å². The topological polar surface area (TPSA) is 12.9 Å². The van der Waals surface area contributed by atoms with E-state index in [0.717, 1.165) is 22.0 Å². The van der Waals surface area contributed by atoms with Gasteiger partial charge in [0, 0.05) is 21.2 Å². The number of aromatic nitrogens is 1. The number of nitrogens with zero attached hydrogens (tertiary/aromatic N) is 1. The molecule has 16 heavy (non-hydrogen) atoms. The maximum absolute atomic E-state index is 6.05. The van der Waals surface area contributed by atoms with Gasteiger partial charge in [0.2, 0.25) is 0 Å². The summed E-state index contributed by atoms with van der Waals surface area (Å²) in [6, 6.07) is 12.0. The first-order valence-corrected chi connectivity index (χ1v) is 6.58. The Morgan fingerprint density at radius 3 is 2.62 bits per heavy atom. The summed E-state index contributed by atoms with van der Waals surface area (Å²) in [7, 11) is 0. The third-order valence-corrected chi connectivity index (χ3v) is 3.32. The zero-order valence-corrected chi connectivity index (χ0v) is 10.8. The van der Waals surface area contributed by atoms with Crippen molar-refractivity contribution in [3.63, 3.8) is 0 Å². The molecule has 0 aliphatic rings. The molecule has 0 fully saturated rings. The second kappa shape index (κ2) is 4.89. The van der Waals surface area contributed by atoms with E-state index < -0.39 is 0 Å². The largest absolute Gasteiger partial charge is 0.253 e. The van der Waals surface area contributed by atoms with E-state index in [0.29, 0.717) is 0 Å². The van der Waals surface area contributed by atoms with Crippen LogP contribution in [-0.4, -0.2) is 11.2 Å². The number of benzene rings is 1. The molecule has 1 nitrogen and oxygen atoms in total. The molecule has 0 saturated heterocycles. The Bertz CT molecular complexity index is 491. The van der Waals surface area contributed by atoms with Crippen LogP contribution >= 0.6 is 23.4 Å². The van der Waals surface area contributed by atoms with E-state index >= 15 is 0 Å². The average molecular weight is 250 g/mol. The third-order valence-electron chi connectivity index (χ3n) is 2.30. The summed E-state index contributed by atoms with van der Waals surface area (Å²) in [6.07, 6.45) is 2.07. The van der Waals surface area contributed by atoms with Crippen LogP contribution in [0.15, 0.2) is 41.3 Å². The van der Waals surface area contributed by atoms with Gasteiger partial charge in [0.05, 0.1) is 5.69 Å². The molecule has 0 bridgehead atoms. The molecule has 0 radical (unpaired) electrons. The lowest BCUT2D eigenvalue weighted by Crippen LogP contribution is -1.88. The van der Waals surface area contributed by atoms with Crippen molar-refractivity contribution in [3.8, 4) is 11.3 Å². The molecule has 0 aliphatic carbocycles. The lowest BCUT2D eigenvalue weighted by molar-refractivity contribution is 1.19. The van der Waals surface area contributed by atoms with Crippen molar-refractivity contribution in [2.24, 2.45) is 0 Å². The van der Waals surface area contributed by atoms with E-state index in [1.807, 2.05) is 31.2 Å². The molecule has 1 aromatic carbocycles. The fraction of sp³-hybridized carbons (Fsp3) is 0.154. The first-order valence-electron chi connectivity index (χ1n) is 4.98. The molecule has 2 rings (SSSR count). The molecular formula is C13H12ClNS. The van der Waals surface area contributed by atoms with Crippen LogP contribution in [-0.2, 0) is 0 Å². The zero-order valence-electron chi connectivity index (χ0n) is 9.20. The van der Waals surface area contributed by atoms with Gasteiger partial charge < -0.3 is 0 Å². The molecule has 2 aromatic rings. The van der Waals surface area contributed by atoms with Gasteiger partial charge in [0.1, 0.15) is 0 Å². The van der Waals surface area contributed by atoms with Crippen molar-refractivity contribution < 1.29 is 0 Å². The zero-order chi connectivity index (χ0) is 11.5. The SMILES string of the molecule is CSc1ccccc1-c1cc(Cl)cc(C)n1. The van der Waals surface area contributed by atoms with Crippen molar-refractivity contribution in [1.82, 2.24) is 4.98 Å². The summed E-state index contributed by atoms with van der Waals surface area (Å²) in [5.74, 6) is 0. The van der Waals surface area contributed by atoms with Crippen LogP contribution in [0.1, 0.15) is 5.69 Å². The third kappa shape index (κ3) is 2.39. The normalized spacial score (nSPS) is 10.4. The summed E-state index contributed by atoms with van der Waals surface area (Å²) in [4.78, 5) is 5.73. The first kappa shape index (κ1) is 11.5. The summed E-state index contributed by atoms with van der Waals surface area (Å²) >= 11 is 7.77. The molecule has 82 valence electrons. The quantitative estimate of drug-likeness (QED) is 0.731. The van der Waals surface area contributed by atoms with Crippen molar-refractivity contribution >= 4 is 23.4 Å². The minimum atomic E-state index is 0.735.